The zero-order valence-electron chi connectivity index (χ0n) is 15.6. The molecule has 7 heteroatoms. The molecule has 5 aromatic rings. The fourth-order valence-electron chi connectivity index (χ4n) is 3.48. The molecule has 0 saturated heterocycles. The van der Waals surface area contributed by atoms with Crippen LogP contribution in [0, 0.1) is 0 Å². The van der Waals surface area contributed by atoms with Gasteiger partial charge in [0.1, 0.15) is 11.1 Å². The zero-order chi connectivity index (χ0) is 20.7. The Morgan fingerprint density at radius 1 is 0.733 bits per heavy atom. The van der Waals surface area contributed by atoms with Crippen molar-refractivity contribution in [3.8, 4) is 28.6 Å². The normalized spacial score (nSPS) is 11.1. The van der Waals surface area contributed by atoms with E-state index in [-0.39, 0.29) is 11.3 Å². The highest BCUT2D eigenvalue weighted by Gasteiger charge is 2.26. The van der Waals surface area contributed by atoms with Crippen molar-refractivity contribution in [2.75, 3.05) is 0 Å². The van der Waals surface area contributed by atoms with Crippen molar-refractivity contribution in [1.82, 2.24) is 14.3 Å². The predicted molar refractivity (Wildman–Crippen MR) is 112 cm³/mol. The van der Waals surface area contributed by atoms with E-state index in [9.17, 15) is 14.7 Å². The Bertz CT molecular complexity index is 1480. The van der Waals surface area contributed by atoms with Gasteiger partial charge in [-0.1, -0.05) is 53.7 Å². The van der Waals surface area contributed by atoms with Crippen LogP contribution in [0.4, 0.5) is 0 Å². The summed E-state index contributed by atoms with van der Waals surface area (Å²) < 4.78 is 7.54. The van der Waals surface area contributed by atoms with Gasteiger partial charge >= 0.3 is 5.69 Å². The van der Waals surface area contributed by atoms with E-state index in [1.165, 1.54) is 0 Å². The molecule has 7 nitrogen and oxygen atoms in total. The lowest BCUT2D eigenvalue weighted by Gasteiger charge is -2.15. The van der Waals surface area contributed by atoms with E-state index in [1.807, 2.05) is 0 Å². The highest BCUT2D eigenvalue weighted by atomic mass is 16.5. The summed E-state index contributed by atoms with van der Waals surface area (Å²) in [6.07, 6.45) is 0. The molecule has 0 aliphatic heterocycles. The summed E-state index contributed by atoms with van der Waals surface area (Å²) in [7, 11) is 0. The SMILES string of the molecule is O=c1c(-c2onc3ccccc23)c(O)n(-c2ccccc2)c(=O)n1-c1ccccc1. The molecule has 0 fully saturated rings. The lowest BCUT2D eigenvalue weighted by Crippen LogP contribution is -2.38. The van der Waals surface area contributed by atoms with Crippen molar-refractivity contribution in [3.63, 3.8) is 0 Å². The molecule has 0 bridgehead atoms. The Balaban J connectivity index is 1.95. The molecule has 2 heterocycles. The number of para-hydroxylation sites is 2. The topological polar surface area (TPSA) is 90.3 Å². The van der Waals surface area contributed by atoms with Crippen LogP contribution in [-0.4, -0.2) is 19.4 Å². The molecule has 2 aromatic heterocycles. The van der Waals surface area contributed by atoms with Gasteiger partial charge in [-0.05, 0) is 36.4 Å². The molecule has 0 spiro atoms. The zero-order valence-corrected chi connectivity index (χ0v) is 15.6. The van der Waals surface area contributed by atoms with Crippen LogP contribution in [0.15, 0.2) is 99.0 Å². The second kappa shape index (κ2) is 6.89. The van der Waals surface area contributed by atoms with Crippen molar-refractivity contribution >= 4 is 10.9 Å². The molecule has 5 rings (SSSR count). The minimum absolute atomic E-state index is 0.0995. The van der Waals surface area contributed by atoms with Crippen LogP contribution in [0.3, 0.4) is 0 Å². The highest BCUT2D eigenvalue weighted by molar-refractivity contribution is 5.92. The highest BCUT2D eigenvalue weighted by Crippen LogP contribution is 2.32. The Kier molecular flexibility index (Phi) is 4.07. The summed E-state index contributed by atoms with van der Waals surface area (Å²) >= 11 is 0. The third-order valence-corrected chi connectivity index (χ3v) is 4.87. The molecule has 0 radical (unpaired) electrons. The molecule has 0 saturated carbocycles. The van der Waals surface area contributed by atoms with Gasteiger partial charge in [-0.25, -0.2) is 13.9 Å². The number of hydrogen-bond donors (Lipinski definition) is 1. The van der Waals surface area contributed by atoms with Crippen LogP contribution < -0.4 is 11.2 Å². The first kappa shape index (κ1) is 17.7. The maximum absolute atomic E-state index is 13.4. The van der Waals surface area contributed by atoms with Gasteiger partial charge in [0.05, 0.1) is 16.8 Å². The minimum atomic E-state index is -0.696. The van der Waals surface area contributed by atoms with Crippen molar-refractivity contribution in [3.05, 3.63) is 106 Å². The van der Waals surface area contributed by atoms with Crippen LogP contribution in [0.5, 0.6) is 5.88 Å². The average Bonchev–Trinajstić information content (AvgIpc) is 3.19. The molecule has 1 N–H and O–H groups in total. The summed E-state index contributed by atoms with van der Waals surface area (Å²) in [5.74, 6) is -0.409. The van der Waals surface area contributed by atoms with Crippen molar-refractivity contribution < 1.29 is 9.63 Å². The molecule has 0 atom stereocenters. The molecule has 0 aliphatic rings. The van der Waals surface area contributed by atoms with Gasteiger partial charge in [-0.2, -0.15) is 0 Å². The fraction of sp³-hybridized carbons (Fsp3) is 0. The van der Waals surface area contributed by atoms with Crippen LogP contribution in [0.1, 0.15) is 0 Å². The Morgan fingerprint density at radius 3 is 1.97 bits per heavy atom. The lowest BCUT2D eigenvalue weighted by molar-refractivity contribution is 0.414. The third-order valence-electron chi connectivity index (χ3n) is 4.87. The van der Waals surface area contributed by atoms with Gasteiger partial charge in [0.2, 0.25) is 5.88 Å². The number of hydrogen-bond acceptors (Lipinski definition) is 5. The van der Waals surface area contributed by atoms with E-state index in [2.05, 4.69) is 5.16 Å². The maximum Gasteiger partial charge on any atom is 0.343 e. The maximum atomic E-state index is 13.4. The van der Waals surface area contributed by atoms with Gasteiger partial charge in [0, 0.05) is 0 Å². The number of aromatic hydroxyl groups is 1. The predicted octanol–water partition coefficient (Wildman–Crippen LogP) is 3.50. The Hall–Kier alpha value is -4.39. The van der Waals surface area contributed by atoms with Gasteiger partial charge in [-0.3, -0.25) is 4.79 Å². The molecule has 0 unspecified atom stereocenters. The van der Waals surface area contributed by atoms with Crippen molar-refractivity contribution in [2.45, 2.75) is 0 Å². The second-order valence-electron chi connectivity index (χ2n) is 6.66. The summed E-state index contributed by atoms with van der Waals surface area (Å²) in [5, 5.41) is 15.6. The standard InChI is InChI=1S/C23H15N3O4/c27-21-19(20-17-13-7-8-14-18(17)24-30-20)22(28)26(16-11-5-2-6-12-16)23(29)25(21)15-9-3-1-4-10-15/h1-14,27H. The molecule has 146 valence electrons. The van der Waals surface area contributed by atoms with Crippen LogP contribution >= 0.6 is 0 Å². The monoisotopic (exact) mass is 397 g/mol. The number of nitrogens with zero attached hydrogens (tertiary/aromatic N) is 3. The second-order valence-corrected chi connectivity index (χ2v) is 6.66. The number of aromatic nitrogens is 3. The minimum Gasteiger partial charge on any atom is -0.493 e. The lowest BCUT2D eigenvalue weighted by atomic mass is 10.1. The molecular weight excluding hydrogens is 382 g/mol. The van der Waals surface area contributed by atoms with Gasteiger partial charge in [0.25, 0.3) is 5.56 Å². The van der Waals surface area contributed by atoms with E-state index in [1.54, 1.807) is 84.9 Å². The molecule has 3 aromatic carbocycles. The van der Waals surface area contributed by atoms with E-state index in [0.29, 0.717) is 22.3 Å². The van der Waals surface area contributed by atoms with Crippen LogP contribution in [0.2, 0.25) is 0 Å². The molecule has 30 heavy (non-hydrogen) atoms. The van der Waals surface area contributed by atoms with Crippen LogP contribution in [-0.2, 0) is 0 Å². The molecule has 0 amide bonds. The summed E-state index contributed by atoms with van der Waals surface area (Å²) in [6.45, 7) is 0. The number of fused-ring (bicyclic) bond motifs is 1. The third kappa shape index (κ3) is 2.64. The molecule has 0 aliphatic carbocycles. The van der Waals surface area contributed by atoms with E-state index >= 15 is 0 Å². The number of rotatable bonds is 3. The molecular formula is C23H15N3O4. The Labute approximate surface area is 169 Å². The fourth-order valence-corrected chi connectivity index (χ4v) is 3.48. The van der Waals surface area contributed by atoms with Gasteiger partial charge < -0.3 is 9.63 Å². The first-order valence-electron chi connectivity index (χ1n) is 9.23. The summed E-state index contributed by atoms with van der Waals surface area (Å²) in [6, 6.07) is 24.2. The summed E-state index contributed by atoms with van der Waals surface area (Å²) in [5.41, 5.74) is -0.205. The first-order chi connectivity index (χ1) is 14.7. The van der Waals surface area contributed by atoms with E-state index < -0.39 is 17.1 Å². The van der Waals surface area contributed by atoms with Gasteiger partial charge in [0.15, 0.2) is 5.76 Å². The van der Waals surface area contributed by atoms with Crippen molar-refractivity contribution in [2.24, 2.45) is 0 Å². The first-order valence-corrected chi connectivity index (χ1v) is 9.23. The quantitative estimate of drug-likeness (QED) is 0.503. The van der Waals surface area contributed by atoms with Crippen LogP contribution in [0.25, 0.3) is 33.6 Å². The van der Waals surface area contributed by atoms with Gasteiger partial charge in [-0.15, -0.1) is 0 Å². The summed E-state index contributed by atoms with van der Waals surface area (Å²) in [4.78, 5) is 26.8. The van der Waals surface area contributed by atoms with E-state index in [0.717, 1.165) is 9.13 Å². The largest absolute Gasteiger partial charge is 0.493 e. The smallest absolute Gasteiger partial charge is 0.343 e. The number of benzene rings is 3. The van der Waals surface area contributed by atoms with Crippen molar-refractivity contribution in [1.29, 1.82) is 0 Å². The van der Waals surface area contributed by atoms with E-state index in [4.69, 9.17) is 4.52 Å². The Morgan fingerprint density at radius 2 is 1.30 bits per heavy atom. The average molecular weight is 397 g/mol.